The Balaban J connectivity index is 2.10. The van der Waals surface area contributed by atoms with Crippen molar-refractivity contribution < 1.29 is 4.79 Å². The van der Waals surface area contributed by atoms with Crippen molar-refractivity contribution in [2.75, 3.05) is 0 Å². The minimum absolute atomic E-state index is 0.0810. The molecule has 0 amide bonds. The molecule has 0 unspecified atom stereocenters. The van der Waals surface area contributed by atoms with E-state index in [9.17, 15) is 4.79 Å². The van der Waals surface area contributed by atoms with Crippen LogP contribution in [0.25, 0.3) is 11.0 Å². The molecule has 3 nitrogen and oxygen atoms in total. The van der Waals surface area contributed by atoms with Crippen LogP contribution in [0.5, 0.6) is 0 Å². The smallest absolute Gasteiger partial charge is 0.204 e. The van der Waals surface area contributed by atoms with Crippen LogP contribution in [0.3, 0.4) is 0 Å². The van der Waals surface area contributed by atoms with Gasteiger partial charge in [0.25, 0.3) is 0 Å². The highest BCUT2D eigenvalue weighted by molar-refractivity contribution is 7.13. The average molecular weight is 275 g/mol. The molecule has 0 aliphatic carbocycles. The molecule has 0 aliphatic heterocycles. The van der Waals surface area contributed by atoms with Gasteiger partial charge in [0.05, 0.1) is 20.9 Å². The number of hydrogen-bond acceptors (Lipinski definition) is 4. The molecule has 0 saturated carbocycles. The number of aromatic nitrogens is 2. The first-order chi connectivity index (χ1) is 8.75. The van der Waals surface area contributed by atoms with Gasteiger partial charge in [0, 0.05) is 18.0 Å². The molecule has 3 rings (SSSR count). The molecular formula is C13H7ClN2OS. The van der Waals surface area contributed by atoms with Gasteiger partial charge in [0.2, 0.25) is 5.78 Å². The van der Waals surface area contributed by atoms with E-state index in [0.29, 0.717) is 21.0 Å². The maximum Gasteiger partial charge on any atom is 0.204 e. The van der Waals surface area contributed by atoms with E-state index < -0.39 is 0 Å². The second-order valence-corrected chi connectivity index (χ2v) is 5.01. The number of fused-ring (bicyclic) bond motifs is 1. The van der Waals surface area contributed by atoms with E-state index in [1.54, 1.807) is 42.0 Å². The van der Waals surface area contributed by atoms with E-state index in [1.807, 2.05) is 0 Å². The van der Waals surface area contributed by atoms with Gasteiger partial charge < -0.3 is 0 Å². The first kappa shape index (κ1) is 11.3. The number of hydrogen-bond donors (Lipinski definition) is 0. The van der Waals surface area contributed by atoms with Gasteiger partial charge >= 0.3 is 0 Å². The van der Waals surface area contributed by atoms with Crippen LogP contribution in [0.15, 0.2) is 42.0 Å². The van der Waals surface area contributed by atoms with Crippen LogP contribution >= 0.6 is 22.9 Å². The number of carbonyl (C=O) groups excluding carboxylic acids is 1. The summed E-state index contributed by atoms with van der Waals surface area (Å²) in [5.74, 6) is -0.0810. The van der Waals surface area contributed by atoms with Crippen LogP contribution in [-0.2, 0) is 0 Å². The number of ketones is 1. The summed E-state index contributed by atoms with van der Waals surface area (Å²) < 4.78 is 0. The quantitative estimate of drug-likeness (QED) is 0.671. The molecule has 0 bridgehead atoms. The first-order valence-electron chi connectivity index (χ1n) is 5.24. The lowest BCUT2D eigenvalue weighted by Crippen LogP contribution is -1.99. The summed E-state index contributed by atoms with van der Waals surface area (Å²) >= 11 is 7.30. The zero-order valence-corrected chi connectivity index (χ0v) is 10.7. The molecule has 0 fully saturated rings. The maximum absolute atomic E-state index is 12.2. The predicted octanol–water partition coefficient (Wildman–Crippen LogP) is 3.58. The minimum atomic E-state index is -0.0810. The molecule has 1 aromatic carbocycles. The van der Waals surface area contributed by atoms with Crippen LogP contribution in [-0.4, -0.2) is 15.8 Å². The number of nitrogens with zero attached hydrogens (tertiary/aromatic N) is 2. The second kappa shape index (κ2) is 4.48. The van der Waals surface area contributed by atoms with Crippen molar-refractivity contribution in [3.8, 4) is 0 Å². The normalized spacial score (nSPS) is 10.7. The van der Waals surface area contributed by atoms with E-state index >= 15 is 0 Å². The Hall–Kier alpha value is -1.78. The fraction of sp³-hybridized carbons (Fsp3) is 0. The largest absolute Gasteiger partial charge is 0.288 e. The summed E-state index contributed by atoms with van der Waals surface area (Å²) in [5, 5.41) is 2.29. The Morgan fingerprint density at radius 3 is 2.61 bits per heavy atom. The molecule has 5 heteroatoms. The van der Waals surface area contributed by atoms with Crippen LogP contribution in [0.1, 0.15) is 15.2 Å². The van der Waals surface area contributed by atoms with E-state index in [0.717, 1.165) is 5.52 Å². The fourth-order valence-corrected chi connectivity index (χ4v) is 2.79. The standard InChI is InChI=1S/C13H7ClN2OS/c14-9-3-6-18-13(9)12(17)8-1-2-10-11(7-8)16-5-4-15-10/h1-7H. The average Bonchev–Trinajstić information content (AvgIpc) is 2.83. The van der Waals surface area contributed by atoms with E-state index in [1.165, 1.54) is 11.3 Å². The lowest BCUT2D eigenvalue weighted by atomic mass is 10.1. The molecule has 0 radical (unpaired) electrons. The summed E-state index contributed by atoms with van der Waals surface area (Å²) in [6.07, 6.45) is 3.23. The number of carbonyl (C=O) groups is 1. The van der Waals surface area contributed by atoms with Crippen molar-refractivity contribution in [3.63, 3.8) is 0 Å². The highest BCUT2D eigenvalue weighted by Gasteiger charge is 2.14. The third-order valence-electron chi connectivity index (χ3n) is 2.55. The van der Waals surface area contributed by atoms with E-state index in [2.05, 4.69) is 9.97 Å². The van der Waals surface area contributed by atoms with E-state index in [4.69, 9.17) is 11.6 Å². The molecule has 0 atom stereocenters. The molecule has 88 valence electrons. The van der Waals surface area contributed by atoms with Crippen molar-refractivity contribution in [1.29, 1.82) is 0 Å². The molecule has 3 aromatic rings. The Labute approximate surface area is 112 Å². The van der Waals surface area contributed by atoms with Crippen molar-refractivity contribution in [3.05, 3.63) is 57.5 Å². The van der Waals surface area contributed by atoms with Crippen molar-refractivity contribution in [2.45, 2.75) is 0 Å². The van der Waals surface area contributed by atoms with Gasteiger partial charge in [-0.3, -0.25) is 14.8 Å². The molecular weight excluding hydrogens is 268 g/mol. The first-order valence-corrected chi connectivity index (χ1v) is 6.50. The number of rotatable bonds is 2. The van der Waals surface area contributed by atoms with Crippen LogP contribution < -0.4 is 0 Å². The lowest BCUT2D eigenvalue weighted by molar-refractivity contribution is 0.104. The lowest BCUT2D eigenvalue weighted by Gasteiger charge is -2.01. The van der Waals surface area contributed by atoms with Crippen molar-refractivity contribution >= 4 is 39.8 Å². The molecule has 0 spiro atoms. The highest BCUT2D eigenvalue weighted by atomic mass is 35.5. The third kappa shape index (κ3) is 1.89. The third-order valence-corrected chi connectivity index (χ3v) is 3.90. The zero-order valence-electron chi connectivity index (χ0n) is 9.13. The van der Waals surface area contributed by atoms with Gasteiger partial charge in [-0.2, -0.15) is 0 Å². The summed E-state index contributed by atoms with van der Waals surface area (Å²) in [7, 11) is 0. The van der Waals surface area contributed by atoms with Crippen LogP contribution in [0.4, 0.5) is 0 Å². The monoisotopic (exact) mass is 274 g/mol. The van der Waals surface area contributed by atoms with Crippen molar-refractivity contribution in [1.82, 2.24) is 9.97 Å². The fourth-order valence-electron chi connectivity index (χ4n) is 1.69. The Morgan fingerprint density at radius 1 is 1.11 bits per heavy atom. The maximum atomic E-state index is 12.2. The Kier molecular flexibility index (Phi) is 2.81. The van der Waals surface area contributed by atoms with Gasteiger partial charge in [0.15, 0.2) is 0 Å². The van der Waals surface area contributed by atoms with Crippen LogP contribution in [0, 0.1) is 0 Å². The zero-order chi connectivity index (χ0) is 12.5. The van der Waals surface area contributed by atoms with E-state index in [-0.39, 0.29) is 5.78 Å². The van der Waals surface area contributed by atoms with Gasteiger partial charge in [-0.25, -0.2) is 0 Å². The highest BCUT2D eigenvalue weighted by Crippen LogP contribution is 2.25. The summed E-state index contributed by atoms with van der Waals surface area (Å²) in [6.45, 7) is 0. The predicted molar refractivity (Wildman–Crippen MR) is 72.3 cm³/mol. The van der Waals surface area contributed by atoms with Gasteiger partial charge in [0.1, 0.15) is 0 Å². The molecule has 0 saturated heterocycles. The minimum Gasteiger partial charge on any atom is -0.288 e. The molecule has 18 heavy (non-hydrogen) atoms. The van der Waals surface area contributed by atoms with Gasteiger partial charge in [-0.15, -0.1) is 11.3 Å². The number of halogens is 1. The summed E-state index contributed by atoms with van der Waals surface area (Å²) in [4.78, 5) is 21.2. The second-order valence-electron chi connectivity index (χ2n) is 3.69. The Morgan fingerprint density at radius 2 is 1.89 bits per heavy atom. The molecule has 2 aromatic heterocycles. The SMILES string of the molecule is O=C(c1ccc2nccnc2c1)c1sccc1Cl. The molecule has 0 N–H and O–H groups in total. The molecule has 2 heterocycles. The summed E-state index contributed by atoms with van der Waals surface area (Å²) in [5.41, 5.74) is 2.05. The Bertz CT molecular complexity index is 738. The van der Waals surface area contributed by atoms with Crippen LogP contribution in [0.2, 0.25) is 5.02 Å². The summed E-state index contributed by atoms with van der Waals surface area (Å²) in [6, 6.07) is 6.99. The number of benzene rings is 1. The number of thiophene rings is 1. The van der Waals surface area contributed by atoms with Gasteiger partial charge in [-0.05, 0) is 29.6 Å². The van der Waals surface area contributed by atoms with Gasteiger partial charge in [-0.1, -0.05) is 11.6 Å². The topological polar surface area (TPSA) is 42.9 Å². The molecule has 0 aliphatic rings. The van der Waals surface area contributed by atoms with Crippen molar-refractivity contribution in [2.24, 2.45) is 0 Å².